The maximum absolute atomic E-state index is 12.1. The van der Waals surface area contributed by atoms with Crippen molar-refractivity contribution in [1.82, 2.24) is 10.2 Å². The molecule has 0 saturated carbocycles. The van der Waals surface area contributed by atoms with Crippen molar-refractivity contribution in [2.45, 2.75) is 51.4 Å². The number of amides is 1. The van der Waals surface area contributed by atoms with Gasteiger partial charge in [-0.2, -0.15) is 11.8 Å². The molecule has 1 saturated heterocycles. The van der Waals surface area contributed by atoms with Crippen molar-refractivity contribution in [3.63, 3.8) is 0 Å². The predicted octanol–water partition coefficient (Wildman–Crippen LogP) is 2.35. The lowest BCUT2D eigenvalue weighted by Crippen LogP contribution is -2.41. The number of nitrogens with zero attached hydrogens (tertiary/aromatic N) is 1. The van der Waals surface area contributed by atoms with Crippen LogP contribution in [0.5, 0.6) is 0 Å². The fourth-order valence-electron chi connectivity index (χ4n) is 2.34. The van der Waals surface area contributed by atoms with Crippen LogP contribution in [0.25, 0.3) is 0 Å². The van der Waals surface area contributed by atoms with Gasteiger partial charge >= 0.3 is 6.09 Å². The second kappa shape index (κ2) is 8.86. The van der Waals surface area contributed by atoms with E-state index >= 15 is 0 Å². The van der Waals surface area contributed by atoms with Gasteiger partial charge in [-0.3, -0.25) is 0 Å². The van der Waals surface area contributed by atoms with Crippen molar-refractivity contribution in [3.8, 4) is 0 Å². The number of hydrogen-bond donors (Lipinski definition) is 1. The quantitative estimate of drug-likeness (QED) is 0.730. The number of rotatable bonds is 7. The molecular formula is C15H30N2O3S. The zero-order valence-corrected chi connectivity index (χ0v) is 14.8. The van der Waals surface area contributed by atoms with Gasteiger partial charge in [0.1, 0.15) is 5.60 Å². The third-order valence-electron chi connectivity index (χ3n) is 3.40. The van der Waals surface area contributed by atoms with Gasteiger partial charge in [0.2, 0.25) is 0 Å². The molecule has 1 aliphatic heterocycles. The summed E-state index contributed by atoms with van der Waals surface area (Å²) in [6.45, 7) is 7.86. The summed E-state index contributed by atoms with van der Waals surface area (Å²) in [6.07, 6.45) is 4.28. The minimum atomic E-state index is -0.455. The Morgan fingerprint density at radius 2 is 2.05 bits per heavy atom. The smallest absolute Gasteiger partial charge is 0.410 e. The zero-order valence-electron chi connectivity index (χ0n) is 14.0. The van der Waals surface area contributed by atoms with Crippen LogP contribution in [0.1, 0.15) is 33.6 Å². The van der Waals surface area contributed by atoms with E-state index < -0.39 is 5.60 Å². The van der Waals surface area contributed by atoms with Gasteiger partial charge in [-0.25, -0.2) is 4.79 Å². The third kappa shape index (κ3) is 6.89. The first kappa shape index (κ1) is 18.6. The average molecular weight is 318 g/mol. The minimum absolute atomic E-state index is 0.0399. The Balaban J connectivity index is 2.38. The van der Waals surface area contributed by atoms with Gasteiger partial charge in [-0.05, 0) is 52.2 Å². The summed E-state index contributed by atoms with van der Waals surface area (Å²) in [4.78, 5) is 13.8. The summed E-state index contributed by atoms with van der Waals surface area (Å²) >= 11 is 1.88. The lowest BCUT2D eigenvalue weighted by Gasteiger charge is -2.24. The molecule has 1 amide bonds. The highest BCUT2D eigenvalue weighted by atomic mass is 32.2. The predicted molar refractivity (Wildman–Crippen MR) is 88.0 cm³/mol. The minimum Gasteiger partial charge on any atom is -0.444 e. The SMILES string of the molecule is CO[C@H]1CN(C(=O)OC(C)(C)C)CC1NCCCCSC. The highest BCUT2D eigenvalue weighted by Crippen LogP contribution is 2.17. The van der Waals surface area contributed by atoms with Gasteiger partial charge in [0.25, 0.3) is 0 Å². The van der Waals surface area contributed by atoms with Gasteiger partial charge in [-0.1, -0.05) is 0 Å². The van der Waals surface area contributed by atoms with E-state index in [4.69, 9.17) is 9.47 Å². The first-order valence-corrected chi connectivity index (χ1v) is 9.00. The fraction of sp³-hybridized carbons (Fsp3) is 0.933. The first-order chi connectivity index (χ1) is 9.87. The number of ether oxygens (including phenoxy) is 2. The van der Waals surface area contributed by atoms with E-state index in [2.05, 4.69) is 11.6 Å². The first-order valence-electron chi connectivity index (χ1n) is 7.60. The Morgan fingerprint density at radius 1 is 1.33 bits per heavy atom. The molecule has 0 aromatic rings. The highest BCUT2D eigenvalue weighted by Gasteiger charge is 2.36. The van der Waals surface area contributed by atoms with Crippen LogP contribution in [0.4, 0.5) is 4.79 Å². The zero-order chi connectivity index (χ0) is 15.9. The Kier molecular flexibility index (Phi) is 7.84. The molecule has 1 aliphatic rings. The molecule has 124 valence electrons. The molecule has 0 radical (unpaired) electrons. The summed E-state index contributed by atoms with van der Waals surface area (Å²) in [5.74, 6) is 1.20. The van der Waals surface area contributed by atoms with Crippen LogP contribution in [0.15, 0.2) is 0 Å². The Morgan fingerprint density at radius 3 is 2.62 bits per heavy atom. The summed E-state index contributed by atoms with van der Waals surface area (Å²) in [7, 11) is 1.70. The number of carbonyl (C=O) groups is 1. The molecule has 1 rings (SSSR count). The molecule has 6 heteroatoms. The van der Waals surface area contributed by atoms with Crippen LogP contribution in [0.2, 0.25) is 0 Å². The lowest BCUT2D eigenvalue weighted by atomic mass is 10.2. The van der Waals surface area contributed by atoms with Crippen LogP contribution in [0.3, 0.4) is 0 Å². The van der Waals surface area contributed by atoms with E-state index in [1.165, 1.54) is 12.2 Å². The molecule has 0 bridgehead atoms. The highest BCUT2D eigenvalue weighted by molar-refractivity contribution is 7.98. The van der Waals surface area contributed by atoms with Crippen LogP contribution in [0, 0.1) is 0 Å². The van der Waals surface area contributed by atoms with Gasteiger partial charge in [0, 0.05) is 13.7 Å². The number of likely N-dealkylation sites (tertiary alicyclic amines) is 1. The van der Waals surface area contributed by atoms with Gasteiger partial charge < -0.3 is 19.7 Å². The molecule has 5 nitrogen and oxygen atoms in total. The van der Waals surface area contributed by atoms with E-state index in [1.54, 1.807) is 12.0 Å². The van der Waals surface area contributed by atoms with E-state index in [-0.39, 0.29) is 18.2 Å². The molecule has 0 aliphatic carbocycles. The monoisotopic (exact) mass is 318 g/mol. The van der Waals surface area contributed by atoms with Crippen molar-refractivity contribution >= 4 is 17.9 Å². The molecule has 1 fully saturated rings. The van der Waals surface area contributed by atoms with Gasteiger partial charge in [-0.15, -0.1) is 0 Å². The molecule has 2 atom stereocenters. The fourth-order valence-corrected chi connectivity index (χ4v) is 2.84. The number of hydrogen-bond acceptors (Lipinski definition) is 5. The standard InChI is InChI=1S/C15H30N2O3S/c1-15(2,3)20-14(18)17-10-12(13(11-17)19-4)16-8-6-7-9-21-5/h12-13,16H,6-11H2,1-5H3/t12?,13-/m0/s1. The second-order valence-electron chi connectivity index (χ2n) is 6.42. The van der Waals surface area contributed by atoms with E-state index in [0.717, 1.165) is 13.0 Å². The maximum Gasteiger partial charge on any atom is 0.410 e. The lowest BCUT2D eigenvalue weighted by molar-refractivity contribution is 0.0252. The number of thioether (sulfide) groups is 1. The molecule has 0 aromatic carbocycles. The van der Waals surface area contributed by atoms with Gasteiger partial charge in [0.15, 0.2) is 0 Å². The molecule has 0 spiro atoms. The normalized spacial score (nSPS) is 22.6. The van der Waals surface area contributed by atoms with E-state index in [1.807, 2.05) is 32.5 Å². The molecule has 1 unspecified atom stereocenters. The van der Waals surface area contributed by atoms with Crippen LogP contribution >= 0.6 is 11.8 Å². The average Bonchev–Trinajstić information content (AvgIpc) is 2.80. The van der Waals surface area contributed by atoms with Crippen molar-refractivity contribution in [3.05, 3.63) is 0 Å². The number of unbranched alkanes of at least 4 members (excludes halogenated alkanes) is 1. The summed E-state index contributed by atoms with van der Waals surface area (Å²) in [6, 6.07) is 0.191. The maximum atomic E-state index is 12.1. The Bertz CT molecular complexity index is 321. The van der Waals surface area contributed by atoms with E-state index in [0.29, 0.717) is 13.1 Å². The Labute approximate surface area is 133 Å². The summed E-state index contributed by atoms with van der Waals surface area (Å²) < 4.78 is 10.9. The number of methoxy groups -OCH3 is 1. The summed E-state index contributed by atoms with van der Waals surface area (Å²) in [5.41, 5.74) is -0.455. The topological polar surface area (TPSA) is 50.8 Å². The number of nitrogens with one attached hydrogen (secondary N) is 1. The van der Waals surface area contributed by atoms with Crippen LogP contribution in [-0.2, 0) is 9.47 Å². The molecular weight excluding hydrogens is 288 g/mol. The van der Waals surface area contributed by atoms with Crippen molar-refractivity contribution < 1.29 is 14.3 Å². The van der Waals surface area contributed by atoms with Crippen LogP contribution < -0.4 is 5.32 Å². The van der Waals surface area contributed by atoms with Gasteiger partial charge in [0.05, 0.1) is 18.7 Å². The third-order valence-corrected chi connectivity index (χ3v) is 4.10. The molecule has 21 heavy (non-hydrogen) atoms. The van der Waals surface area contributed by atoms with Crippen LogP contribution in [-0.4, -0.2) is 67.5 Å². The second-order valence-corrected chi connectivity index (χ2v) is 7.41. The summed E-state index contributed by atoms with van der Waals surface area (Å²) in [5, 5.41) is 3.51. The molecule has 1 heterocycles. The molecule has 0 aromatic heterocycles. The van der Waals surface area contributed by atoms with E-state index in [9.17, 15) is 4.79 Å². The number of carbonyl (C=O) groups excluding carboxylic acids is 1. The van der Waals surface area contributed by atoms with Crippen molar-refractivity contribution in [1.29, 1.82) is 0 Å². The van der Waals surface area contributed by atoms with Crippen molar-refractivity contribution in [2.24, 2.45) is 0 Å². The Hall–Kier alpha value is -0.460. The largest absolute Gasteiger partial charge is 0.444 e. The van der Waals surface area contributed by atoms with Crippen molar-refractivity contribution in [2.75, 3.05) is 38.8 Å². The molecule has 1 N–H and O–H groups in total.